The minimum absolute atomic E-state index is 0.438. The Morgan fingerprint density at radius 2 is 2.25 bits per heavy atom. The van der Waals surface area contributed by atoms with Gasteiger partial charge in [-0.25, -0.2) is 4.98 Å². The van der Waals surface area contributed by atoms with Crippen molar-refractivity contribution in [3.63, 3.8) is 0 Å². The van der Waals surface area contributed by atoms with Crippen molar-refractivity contribution in [2.24, 2.45) is 0 Å². The fraction of sp³-hybridized carbons (Fsp3) is 0.533. The Morgan fingerprint density at radius 1 is 1.40 bits per heavy atom. The average molecular weight is 329 g/mol. The van der Waals surface area contributed by atoms with Crippen LogP contribution in [0.5, 0.6) is 0 Å². The molecular formula is C15H18Cl2N2S. The zero-order valence-corrected chi connectivity index (χ0v) is 13.8. The van der Waals surface area contributed by atoms with E-state index in [0.29, 0.717) is 11.9 Å². The van der Waals surface area contributed by atoms with Crippen LogP contribution in [0, 0.1) is 0 Å². The predicted molar refractivity (Wildman–Crippen MR) is 89.1 cm³/mol. The Kier molecular flexibility index (Phi) is 4.49. The SMILES string of the molecule is CCSC1CCC(n2c(CCl)nc3cccc(Cl)c32)C1. The number of aromatic nitrogens is 2. The molecule has 0 aliphatic heterocycles. The molecule has 108 valence electrons. The second-order valence-electron chi connectivity index (χ2n) is 5.18. The van der Waals surface area contributed by atoms with E-state index in [4.69, 9.17) is 23.2 Å². The lowest BCUT2D eigenvalue weighted by atomic mass is 10.2. The number of nitrogens with zero attached hydrogens (tertiary/aromatic N) is 2. The third kappa shape index (κ3) is 2.56. The molecule has 20 heavy (non-hydrogen) atoms. The molecule has 1 aromatic carbocycles. The quantitative estimate of drug-likeness (QED) is 0.711. The van der Waals surface area contributed by atoms with E-state index in [-0.39, 0.29) is 0 Å². The third-order valence-corrected chi connectivity index (χ3v) is 5.75. The van der Waals surface area contributed by atoms with Crippen molar-refractivity contribution in [3.05, 3.63) is 29.0 Å². The molecule has 3 rings (SSSR count). The fourth-order valence-electron chi connectivity index (χ4n) is 3.18. The number of para-hydroxylation sites is 1. The fourth-order valence-corrected chi connectivity index (χ4v) is 4.76. The summed E-state index contributed by atoms with van der Waals surface area (Å²) in [7, 11) is 0. The van der Waals surface area contributed by atoms with Crippen LogP contribution < -0.4 is 0 Å². The van der Waals surface area contributed by atoms with Gasteiger partial charge in [-0.1, -0.05) is 24.6 Å². The Morgan fingerprint density at radius 3 is 3.00 bits per heavy atom. The lowest BCUT2D eigenvalue weighted by Gasteiger charge is -2.17. The first kappa shape index (κ1) is 14.6. The summed E-state index contributed by atoms with van der Waals surface area (Å²) >= 11 is 14.6. The first-order valence-electron chi connectivity index (χ1n) is 7.07. The summed E-state index contributed by atoms with van der Waals surface area (Å²) in [6.07, 6.45) is 3.66. The second kappa shape index (κ2) is 6.17. The van der Waals surface area contributed by atoms with Gasteiger partial charge in [-0.3, -0.25) is 0 Å². The summed E-state index contributed by atoms with van der Waals surface area (Å²) < 4.78 is 2.29. The Balaban J connectivity index is 2.02. The topological polar surface area (TPSA) is 17.8 Å². The molecule has 0 saturated heterocycles. The van der Waals surface area contributed by atoms with Gasteiger partial charge in [-0.2, -0.15) is 11.8 Å². The first-order valence-corrected chi connectivity index (χ1v) is 9.03. The number of hydrogen-bond acceptors (Lipinski definition) is 2. The van der Waals surface area contributed by atoms with Crippen molar-refractivity contribution in [2.75, 3.05) is 5.75 Å². The molecule has 0 amide bonds. The molecule has 0 radical (unpaired) electrons. The Bertz CT molecular complexity index is 611. The number of imidazole rings is 1. The van der Waals surface area contributed by atoms with Crippen molar-refractivity contribution < 1.29 is 0 Å². The highest BCUT2D eigenvalue weighted by molar-refractivity contribution is 7.99. The molecule has 2 unspecified atom stereocenters. The molecule has 1 aliphatic rings. The molecular weight excluding hydrogens is 311 g/mol. The molecule has 0 bridgehead atoms. The van der Waals surface area contributed by atoms with Gasteiger partial charge in [0.2, 0.25) is 0 Å². The molecule has 1 saturated carbocycles. The molecule has 1 aliphatic carbocycles. The number of alkyl halides is 1. The van der Waals surface area contributed by atoms with Crippen LogP contribution in [0.2, 0.25) is 5.02 Å². The molecule has 1 fully saturated rings. The van der Waals surface area contributed by atoms with Crippen LogP contribution in [-0.2, 0) is 5.88 Å². The van der Waals surface area contributed by atoms with E-state index in [0.717, 1.165) is 27.1 Å². The van der Waals surface area contributed by atoms with Crippen LogP contribution in [0.25, 0.3) is 11.0 Å². The minimum Gasteiger partial charge on any atom is -0.323 e. The maximum atomic E-state index is 6.40. The molecule has 0 spiro atoms. The molecule has 2 atom stereocenters. The highest BCUT2D eigenvalue weighted by Crippen LogP contribution is 2.40. The van der Waals surface area contributed by atoms with Crippen molar-refractivity contribution in [2.45, 2.75) is 43.4 Å². The lowest BCUT2D eigenvalue weighted by molar-refractivity contribution is 0.519. The number of thioether (sulfide) groups is 1. The average Bonchev–Trinajstić information content (AvgIpc) is 3.03. The maximum absolute atomic E-state index is 6.40. The van der Waals surface area contributed by atoms with E-state index in [1.807, 2.05) is 18.2 Å². The van der Waals surface area contributed by atoms with Gasteiger partial charge in [-0.05, 0) is 37.1 Å². The van der Waals surface area contributed by atoms with Crippen LogP contribution in [0.15, 0.2) is 18.2 Å². The van der Waals surface area contributed by atoms with Gasteiger partial charge in [0.1, 0.15) is 5.82 Å². The Labute approximate surface area is 133 Å². The molecule has 2 aromatic rings. The van der Waals surface area contributed by atoms with E-state index in [1.165, 1.54) is 25.0 Å². The van der Waals surface area contributed by atoms with Gasteiger partial charge < -0.3 is 4.57 Å². The highest BCUT2D eigenvalue weighted by atomic mass is 35.5. The second-order valence-corrected chi connectivity index (χ2v) is 7.44. The van der Waals surface area contributed by atoms with Gasteiger partial charge in [0.15, 0.2) is 0 Å². The zero-order valence-electron chi connectivity index (χ0n) is 11.5. The van der Waals surface area contributed by atoms with Crippen molar-refractivity contribution >= 4 is 46.0 Å². The number of hydrogen-bond donors (Lipinski definition) is 0. The van der Waals surface area contributed by atoms with Crippen LogP contribution in [0.3, 0.4) is 0 Å². The monoisotopic (exact) mass is 328 g/mol. The summed E-state index contributed by atoms with van der Waals surface area (Å²) in [5, 5.41) is 1.53. The van der Waals surface area contributed by atoms with E-state index in [1.54, 1.807) is 0 Å². The van der Waals surface area contributed by atoms with Crippen molar-refractivity contribution in [3.8, 4) is 0 Å². The minimum atomic E-state index is 0.438. The van der Waals surface area contributed by atoms with Crippen LogP contribution >= 0.6 is 35.0 Å². The largest absolute Gasteiger partial charge is 0.323 e. The van der Waals surface area contributed by atoms with Gasteiger partial charge >= 0.3 is 0 Å². The molecule has 1 heterocycles. The van der Waals surface area contributed by atoms with Gasteiger partial charge in [0, 0.05) is 11.3 Å². The zero-order chi connectivity index (χ0) is 14.1. The first-order chi connectivity index (χ1) is 9.74. The highest BCUT2D eigenvalue weighted by Gasteiger charge is 2.29. The molecule has 2 nitrogen and oxygen atoms in total. The van der Waals surface area contributed by atoms with Gasteiger partial charge in [-0.15, -0.1) is 11.6 Å². The van der Waals surface area contributed by atoms with Crippen LogP contribution in [-0.4, -0.2) is 20.6 Å². The van der Waals surface area contributed by atoms with Gasteiger partial charge in [0.05, 0.1) is 21.9 Å². The van der Waals surface area contributed by atoms with E-state index in [2.05, 4.69) is 28.2 Å². The third-order valence-electron chi connectivity index (χ3n) is 3.98. The van der Waals surface area contributed by atoms with Gasteiger partial charge in [0.25, 0.3) is 0 Å². The summed E-state index contributed by atoms with van der Waals surface area (Å²) in [6.45, 7) is 2.23. The predicted octanol–water partition coefficient (Wildman–Crippen LogP) is 5.28. The van der Waals surface area contributed by atoms with Crippen LogP contribution in [0.1, 0.15) is 38.1 Å². The van der Waals surface area contributed by atoms with Crippen LogP contribution in [0.4, 0.5) is 0 Å². The number of benzene rings is 1. The normalized spacial score (nSPS) is 22.8. The molecule has 5 heteroatoms. The smallest absolute Gasteiger partial charge is 0.125 e. The molecule has 0 N–H and O–H groups in total. The maximum Gasteiger partial charge on any atom is 0.125 e. The van der Waals surface area contributed by atoms with Crippen molar-refractivity contribution in [1.29, 1.82) is 0 Å². The van der Waals surface area contributed by atoms with E-state index < -0.39 is 0 Å². The molecule has 1 aromatic heterocycles. The van der Waals surface area contributed by atoms with E-state index in [9.17, 15) is 0 Å². The van der Waals surface area contributed by atoms with E-state index >= 15 is 0 Å². The lowest BCUT2D eigenvalue weighted by Crippen LogP contribution is -2.09. The Hall–Kier alpha value is -0.380. The number of halogens is 2. The standard InChI is InChI=1S/C15H18Cl2N2S/c1-2-20-11-7-6-10(8-11)19-14(9-16)18-13-5-3-4-12(17)15(13)19/h3-5,10-11H,2,6-9H2,1H3. The summed E-state index contributed by atoms with van der Waals surface area (Å²) in [4.78, 5) is 4.65. The number of fused-ring (bicyclic) bond motifs is 1. The van der Waals surface area contributed by atoms with Crippen molar-refractivity contribution in [1.82, 2.24) is 9.55 Å². The summed E-state index contributed by atoms with van der Waals surface area (Å²) in [6, 6.07) is 6.39. The summed E-state index contributed by atoms with van der Waals surface area (Å²) in [5.74, 6) is 2.57. The summed E-state index contributed by atoms with van der Waals surface area (Å²) in [5.41, 5.74) is 2.01. The number of rotatable bonds is 4.